The summed E-state index contributed by atoms with van der Waals surface area (Å²) in [7, 11) is -2.40. The highest BCUT2D eigenvalue weighted by molar-refractivity contribution is 6.98. The number of halogens is 3. The molecule has 2 fully saturated rings. The van der Waals surface area contributed by atoms with E-state index in [-0.39, 0.29) is 5.57 Å². The number of aromatic carboxylic acids is 1. The average Bonchev–Trinajstić information content (AvgIpc) is 2.79. The number of carboxylic acid groups (broad SMARTS) is 1. The lowest BCUT2D eigenvalue weighted by atomic mass is 9.86. The first-order valence-electron chi connectivity index (χ1n) is 12.5. The number of carbonyl (C=O) groups is 1. The summed E-state index contributed by atoms with van der Waals surface area (Å²) in [6.45, 7) is 8.17. The van der Waals surface area contributed by atoms with Crippen LogP contribution in [0.15, 0.2) is 47.2 Å². The van der Waals surface area contributed by atoms with E-state index in [1.807, 2.05) is 24.3 Å². The topological polar surface area (TPSA) is 72.4 Å². The van der Waals surface area contributed by atoms with E-state index in [0.29, 0.717) is 11.1 Å². The predicted octanol–water partition coefficient (Wildman–Crippen LogP) is 2.88. The average molecular weight is 522 g/mol. The fraction of sp³-hybridized carbons (Fsp3) is 0.286. The lowest BCUT2D eigenvalue weighted by Gasteiger charge is -2.40. The molecule has 3 heterocycles. The van der Waals surface area contributed by atoms with Crippen LogP contribution in [0.1, 0.15) is 34.3 Å². The Morgan fingerprint density at radius 3 is 2.38 bits per heavy atom. The van der Waals surface area contributed by atoms with Gasteiger partial charge in [0.2, 0.25) is 0 Å². The molecule has 0 unspecified atom stereocenters. The first kappa shape index (κ1) is 23.8. The van der Waals surface area contributed by atoms with Crippen molar-refractivity contribution in [2.75, 3.05) is 36.8 Å². The fourth-order valence-electron chi connectivity index (χ4n) is 5.74. The number of fused-ring (bicyclic) bond motifs is 2. The van der Waals surface area contributed by atoms with E-state index in [4.69, 9.17) is 5.73 Å². The van der Waals surface area contributed by atoms with E-state index in [2.05, 4.69) is 34.7 Å². The SMILES string of the molecule is C[Si]1(C)C2=CC(=[N+]3CCC3)C=CC2=C(c2c(F)c(N)c(F)c(F)c2C(=O)[O-])c2ccc(N3CCC3)cc21. The van der Waals surface area contributed by atoms with Crippen LogP contribution in [0.25, 0.3) is 5.57 Å². The number of nitrogen functional groups attached to an aromatic ring is 1. The number of anilines is 2. The van der Waals surface area contributed by atoms with Gasteiger partial charge in [-0.15, -0.1) is 0 Å². The van der Waals surface area contributed by atoms with Gasteiger partial charge in [-0.25, -0.2) is 17.7 Å². The van der Waals surface area contributed by atoms with E-state index < -0.39 is 48.3 Å². The van der Waals surface area contributed by atoms with Crippen LogP contribution in [0.4, 0.5) is 24.5 Å². The molecular formula is C28H26F3N3O2Si. The van der Waals surface area contributed by atoms with Crippen LogP contribution in [-0.4, -0.2) is 50.5 Å². The second kappa shape index (κ2) is 8.21. The molecule has 0 atom stereocenters. The molecule has 5 nitrogen and oxygen atoms in total. The minimum Gasteiger partial charge on any atom is -0.545 e. The largest absolute Gasteiger partial charge is 0.545 e. The maximum Gasteiger partial charge on any atom is 0.199 e. The molecule has 2 saturated heterocycles. The van der Waals surface area contributed by atoms with Gasteiger partial charge >= 0.3 is 0 Å². The molecule has 0 aromatic heterocycles. The predicted molar refractivity (Wildman–Crippen MR) is 138 cm³/mol. The van der Waals surface area contributed by atoms with Gasteiger partial charge in [0.05, 0.1) is 12.4 Å². The van der Waals surface area contributed by atoms with Gasteiger partial charge in [-0.05, 0) is 51.7 Å². The summed E-state index contributed by atoms with van der Waals surface area (Å²) < 4.78 is 47.4. The van der Waals surface area contributed by atoms with Gasteiger partial charge in [-0.3, -0.25) is 0 Å². The van der Waals surface area contributed by atoms with Crippen molar-refractivity contribution in [3.8, 4) is 0 Å². The monoisotopic (exact) mass is 521 g/mol. The van der Waals surface area contributed by atoms with E-state index in [0.717, 1.165) is 60.8 Å². The Hall–Kier alpha value is -3.59. The van der Waals surface area contributed by atoms with Crippen LogP contribution >= 0.6 is 0 Å². The lowest BCUT2D eigenvalue weighted by Crippen LogP contribution is -2.50. The zero-order valence-corrected chi connectivity index (χ0v) is 21.6. The molecule has 1 aliphatic carbocycles. The molecule has 190 valence electrons. The minimum absolute atomic E-state index is 0.199. The summed E-state index contributed by atoms with van der Waals surface area (Å²) in [5, 5.41) is 14.0. The van der Waals surface area contributed by atoms with Gasteiger partial charge < -0.3 is 20.5 Å². The van der Waals surface area contributed by atoms with Crippen molar-refractivity contribution in [2.45, 2.75) is 25.9 Å². The van der Waals surface area contributed by atoms with Gasteiger partial charge in [0, 0.05) is 42.1 Å². The van der Waals surface area contributed by atoms with Gasteiger partial charge in [0.1, 0.15) is 26.9 Å². The number of carbonyl (C=O) groups excluding carboxylic acids is 1. The van der Waals surface area contributed by atoms with Crippen molar-refractivity contribution in [1.82, 2.24) is 0 Å². The molecule has 9 heteroatoms. The van der Waals surface area contributed by atoms with E-state index in [1.165, 1.54) is 0 Å². The normalized spacial score (nSPS) is 19.7. The Kier molecular flexibility index (Phi) is 5.28. The number of hydrogen-bond acceptors (Lipinski definition) is 4. The summed E-state index contributed by atoms with van der Waals surface area (Å²) in [5.74, 6) is -6.75. The third-order valence-electron chi connectivity index (χ3n) is 8.14. The van der Waals surface area contributed by atoms with Gasteiger partial charge in [-0.2, -0.15) is 0 Å². The number of carboxylic acids is 1. The van der Waals surface area contributed by atoms with Crippen LogP contribution in [0.2, 0.25) is 13.1 Å². The number of benzene rings is 2. The molecule has 2 aromatic rings. The summed E-state index contributed by atoms with van der Waals surface area (Å²) in [5.41, 5.74) is 6.32. The molecule has 2 aromatic carbocycles. The molecule has 3 aliphatic heterocycles. The van der Waals surface area contributed by atoms with E-state index >= 15 is 4.39 Å². The van der Waals surface area contributed by atoms with Gasteiger partial charge in [0.15, 0.2) is 23.2 Å². The number of rotatable bonds is 3. The Labute approximate surface area is 213 Å². The van der Waals surface area contributed by atoms with Crippen molar-refractivity contribution >= 4 is 41.9 Å². The Morgan fingerprint density at radius 2 is 1.78 bits per heavy atom. The van der Waals surface area contributed by atoms with Crippen molar-refractivity contribution in [3.05, 3.63) is 81.3 Å². The highest BCUT2D eigenvalue weighted by atomic mass is 28.3. The molecule has 0 radical (unpaired) electrons. The molecule has 0 bridgehead atoms. The number of nitrogens with zero attached hydrogens (tertiary/aromatic N) is 2. The Bertz CT molecular complexity index is 1530. The summed E-state index contributed by atoms with van der Waals surface area (Å²) in [6.07, 6.45) is 8.06. The lowest BCUT2D eigenvalue weighted by molar-refractivity contribution is -0.582. The van der Waals surface area contributed by atoms with Crippen molar-refractivity contribution in [3.63, 3.8) is 0 Å². The standard InChI is InChI=1S/C28H26F3N3O2Si/c1-37(2)19-13-15(33-9-3-10-33)5-7-17(19)21(18-8-6-16(14-20(18)37)34-11-4-12-34)22-23(28(35)36)24(29)26(31)27(32)25(22)30/h5-8,13-14H,3-4,9-12,32H2,1-2H3. The maximum absolute atomic E-state index is 15.7. The van der Waals surface area contributed by atoms with Crippen LogP contribution in [0.3, 0.4) is 0 Å². The Balaban J connectivity index is 1.72. The van der Waals surface area contributed by atoms with Crippen LogP contribution in [0, 0.1) is 17.5 Å². The van der Waals surface area contributed by atoms with Crippen molar-refractivity contribution < 1.29 is 27.6 Å². The van der Waals surface area contributed by atoms with Gasteiger partial charge in [0.25, 0.3) is 0 Å². The summed E-state index contributed by atoms with van der Waals surface area (Å²) in [4.78, 5) is 14.3. The van der Waals surface area contributed by atoms with Crippen LogP contribution in [-0.2, 0) is 0 Å². The van der Waals surface area contributed by atoms with E-state index in [1.54, 1.807) is 0 Å². The number of allylic oxidation sites excluding steroid dienone is 5. The number of nitrogens with two attached hydrogens (primary N) is 1. The minimum atomic E-state index is -2.40. The third kappa shape index (κ3) is 3.36. The smallest absolute Gasteiger partial charge is 0.199 e. The maximum atomic E-state index is 15.7. The highest BCUT2D eigenvalue weighted by Crippen LogP contribution is 2.45. The zero-order valence-electron chi connectivity index (χ0n) is 20.6. The molecule has 0 amide bonds. The second-order valence-electron chi connectivity index (χ2n) is 10.5. The quantitative estimate of drug-likeness (QED) is 0.292. The summed E-state index contributed by atoms with van der Waals surface area (Å²) in [6, 6.07) is 5.86. The molecule has 0 saturated carbocycles. The molecule has 6 rings (SSSR count). The first-order chi connectivity index (χ1) is 17.6. The van der Waals surface area contributed by atoms with Crippen molar-refractivity contribution in [1.29, 1.82) is 0 Å². The van der Waals surface area contributed by atoms with Crippen molar-refractivity contribution in [2.24, 2.45) is 0 Å². The summed E-state index contributed by atoms with van der Waals surface area (Å²) >= 11 is 0. The molecule has 4 aliphatic rings. The second-order valence-corrected chi connectivity index (χ2v) is 14.9. The first-order valence-corrected chi connectivity index (χ1v) is 15.5. The highest BCUT2D eigenvalue weighted by Gasteiger charge is 2.43. The molecule has 37 heavy (non-hydrogen) atoms. The van der Waals surface area contributed by atoms with E-state index in [9.17, 15) is 18.7 Å². The zero-order chi connectivity index (χ0) is 26.2. The number of hydrogen-bond donors (Lipinski definition) is 1. The molecular weight excluding hydrogens is 495 g/mol. The van der Waals surface area contributed by atoms with Crippen LogP contribution < -0.4 is 20.9 Å². The molecule has 0 spiro atoms. The van der Waals surface area contributed by atoms with Gasteiger partial charge in [-0.1, -0.05) is 19.2 Å². The Morgan fingerprint density at radius 1 is 1.05 bits per heavy atom. The third-order valence-corrected chi connectivity index (χ3v) is 11.7. The van der Waals surface area contributed by atoms with Crippen LogP contribution in [0.5, 0.6) is 0 Å². The molecule has 2 N–H and O–H groups in total. The fourth-order valence-corrected chi connectivity index (χ4v) is 8.81.